The van der Waals surface area contributed by atoms with Crippen molar-refractivity contribution in [2.24, 2.45) is 5.92 Å². The van der Waals surface area contributed by atoms with Crippen LogP contribution in [0.25, 0.3) is 0 Å². The number of carbonyl (C=O) groups is 3. The Morgan fingerprint density at radius 3 is 2.35 bits per heavy atom. The first-order valence-corrected chi connectivity index (χ1v) is 13.1. The van der Waals surface area contributed by atoms with E-state index >= 15 is 0 Å². The van der Waals surface area contributed by atoms with Crippen LogP contribution in [0, 0.1) is 5.92 Å². The third kappa shape index (κ3) is 6.35. The molecule has 0 radical (unpaired) electrons. The number of hydrogen-bond acceptors (Lipinski definition) is 7. The Balaban J connectivity index is 1.65. The number of nitrogens with zero attached hydrogens (tertiary/aromatic N) is 1. The summed E-state index contributed by atoms with van der Waals surface area (Å²) in [6.07, 6.45) is 0.679. The number of ketones is 1. The number of halogens is 1. The predicted octanol–water partition coefficient (Wildman–Crippen LogP) is 3.53. The van der Waals surface area contributed by atoms with Gasteiger partial charge in [-0.3, -0.25) is 9.59 Å². The van der Waals surface area contributed by atoms with E-state index in [0.29, 0.717) is 19.3 Å². The molecule has 2 aromatic carbocycles. The summed E-state index contributed by atoms with van der Waals surface area (Å²) in [4.78, 5) is 41.0. The number of hydrogen-bond donors (Lipinski definition) is 2. The minimum Gasteiger partial charge on any atom is -0.447 e. The van der Waals surface area contributed by atoms with Crippen LogP contribution in [0.1, 0.15) is 30.4 Å². The number of rotatable bonds is 10. The van der Waals surface area contributed by atoms with E-state index < -0.39 is 41.6 Å². The van der Waals surface area contributed by atoms with Gasteiger partial charge in [0.05, 0.1) is 16.4 Å². The molecule has 1 fully saturated rings. The molecule has 4 rings (SSSR count). The van der Waals surface area contributed by atoms with Gasteiger partial charge in [0.1, 0.15) is 12.7 Å². The largest absolute Gasteiger partial charge is 0.447 e. The highest BCUT2D eigenvalue weighted by Crippen LogP contribution is 2.38. The monoisotopic (exact) mass is 571 g/mol. The highest BCUT2D eigenvalue weighted by atomic mass is 79.9. The summed E-state index contributed by atoms with van der Waals surface area (Å²) < 4.78 is 11.4. The zero-order valence-corrected chi connectivity index (χ0v) is 21.9. The van der Waals surface area contributed by atoms with Gasteiger partial charge in [-0.1, -0.05) is 60.7 Å². The molecule has 0 unspecified atom stereocenters. The number of aliphatic hydroxyl groups excluding tert-OH is 1. The van der Waals surface area contributed by atoms with Crippen LogP contribution in [0.3, 0.4) is 0 Å². The first-order chi connectivity index (χ1) is 17.8. The van der Waals surface area contributed by atoms with Gasteiger partial charge in [-0.05, 0) is 58.8 Å². The number of ether oxygens (including phenoxy) is 2. The molecule has 8 nitrogen and oxygen atoms in total. The molecule has 0 bridgehead atoms. The molecular weight excluding hydrogens is 542 g/mol. The van der Waals surface area contributed by atoms with Crippen LogP contribution in [-0.2, 0) is 31.9 Å². The van der Waals surface area contributed by atoms with Gasteiger partial charge in [0.15, 0.2) is 11.6 Å². The molecule has 2 aromatic rings. The zero-order valence-electron chi connectivity index (χ0n) is 20.3. The summed E-state index contributed by atoms with van der Waals surface area (Å²) in [6.45, 7) is 0.00229. The topological polar surface area (TPSA) is 113 Å². The average Bonchev–Trinajstić information content (AvgIpc) is 3.26. The fourth-order valence-corrected chi connectivity index (χ4v) is 5.23. The number of cyclic esters (lactones) is 1. The van der Waals surface area contributed by atoms with Crippen molar-refractivity contribution in [2.75, 3.05) is 13.2 Å². The highest BCUT2D eigenvalue weighted by molar-refractivity contribution is 9.11. The minimum absolute atomic E-state index is 0.0469. The molecule has 0 spiro atoms. The number of unbranched alkanes of at least 4 members (excludes halogenated alkanes) is 1. The van der Waals surface area contributed by atoms with Crippen molar-refractivity contribution in [1.82, 2.24) is 4.90 Å². The normalized spacial score (nSPS) is 24.5. The Morgan fingerprint density at radius 2 is 1.70 bits per heavy atom. The number of carbonyl (C=O) groups excluding carboxylic acids is 3. The van der Waals surface area contributed by atoms with Gasteiger partial charge in [0.25, 0.3) is 0 Å². The second-order valence-corrected chi connectivity index (χ2v) is 10.2. The van der Waals surface area contributed by atoms with E-state index in [4.69, 9.17) is 14.6 Å². The molecule has 9 heteroatoms. The summed E-state index contributed by atoms with van der Waals surface area (Å²) in [5.74, 6) is -3.99. The lowest BCUT2D eigenvalue weighted by Crippen LogP contribution is -2.53. The lowest BCUT2D eigenvalue weighted by atomic mass is 9.87. The Kier molecular flexibility index (Phi) is 8.91. The standard InChI is InChI=1S/C28H30BrNO7/c29-24-17-23(32)25(37-28(24,35)13-7-8-14-31)22(16-20-11-5-2-6-12-20)26(33)30-21(18-36-27(30)34)15-19-9-3-1-4-10-19/h1-6,9-12,17,21-22,25,31,35H,7-8,13-16,18H2/t21-,22-,25-,28+/m1/s1. The number of imide groups is 1. The number of amides is 2. The van der Waals surface area contributed by atoms with Crippen molar-refractivity contribution in [3.05, 3.63) is 82.3 Å². The van der Waals surface area contributed by atoms with Gasteiger partial charge in [-0.15, -0.1) is 0 Å². The smallest absolute Gasteiger partial charge is 0.416 e. The second-order valence-electron chi connectivity index (χ2n) is 9.32. The fourth-order valence-electron chi connectivity index (χ4n) is 4.72. The van der Waals surface area contributed by atoms with Crippen molar-refractivity contribution in [2.45, 2.75) is 50.0 Å². The molecule has 0 aromatic heterocycles. The molecule has 0 saturated carbocycles. The number of benzene rings is 2. The van der Waals surface area contributed by atoms with Crippen molar-refractivity contribution < 1.29 is 34.1 Å². The number of aliphatic hydroxyl groups is 2. The lowest BCUT2D eigenvalue weighted by Gasteiger charge is -2.38. The Hall–Kier alpha value is -2.85. The summed E-state index contributed by atoms with van der Waals surface area (Å²) in [6, 6.07) is 18.1. The van der Waals surface area contributed by atoms with E-state index in [9.17, 15) is 19.5 Å². The van der Waals surface area contributed by atoms with Crippen LogP contribution < -0.4 is 0 Å². The average molecular weight is 572 g/mol. The van der Waals surface area contributed by atoms with Crippen molar-refractivity contribution in [3.8, 4) is 0 Å². The summed E-state index contributed by atoms with van der Waals surface area (Å²) >= 11 is 3.24. The molecule has 2 N–H and O–H groups in total. The first kappa shape index (κ1) is 27.2. The maximum absolute atomic E-state index is 14.0. The van der Waals surface area contributed by atoms with Gasteiger partial charge in [0, 0.05) is 13.0 Å². The van der Waals surface area contributed by atoms with Crippen LogP contribution in [0.2, 0.25) is 0 Å². The highest BCUT2D eigenvalue weighted by Gasteiger charge is 2.49. The maximum Gasteiger partial charge on any atom is 0.416 e. The molecular formula is C28H30BrNO7. The maximum atomic E-state index is 14.0. The van der Waals surface area contributed by atoms with Crippen molar-refractivity contribution >= 4 is 33.7 Å². The van der Waals surface area contributed by atoms with E-state index in [1.54, 1.807) is 0 Å². The van der Waals surface area contributed by atoms with E-state index in [0.717, 1.165) is 16.0 Å². The minimum atomic E-state index is -1.84. The van der Waals surface area contributed by atoms with Crippen LogP contribution in [0.15, 0.2) is 71.2 Å². The van der Waals surface area contributed by atoms with Crippen molar-refractivity contribution in [3.63, 3.8) is 0 Å². The molecule has 0 aliphatic carbocycles. The second kappa shape index (κ2) is 12.1. The van der Waals surface area contributed by atoms with Gasteiger partial charge >= 0.3 is 6.09 Å². The molecule has 2 amide bonds. The molecule has 37 heavy (non-hydrogen) atoms. The molecule has 2 aliphatic heterocycles. The summed E-state index contributed by atoms with van der Waals surface area (Å²) in [5.41, 5.74) is 1.72. The Morgan fingerprint density at radius 1 is 1.05 bits per heavy atom. The van der Waals surface area contributed by atoms with E-state index in [-0.39, 0.29) is 30.5 Å². The van der Waals surface area contributed by atoms with Crippen LogP contribution in [0.5, 0.6) is 0 Å². The van der Waals surface area contributed by atoms with E-state index in [1.807, 2.05) is 60.7 Å². The van der Waals surface area contributed by atoms with Gasteiger partial charge < -0.3 is 19.7 Å². The van der Waals surface area contributed by atoms with Gasteiger partial charge in [-0.2, -0.15) is 0 Å². The summed E-state index contributed by atoms with van der Waals surface area (Å²) in [7, 11) is 0. The first-order valence-electron chi connectivity index (χ1n) is 12.3. The van der Waals surface area contributed by atoms with Crippen LogP contribution in [0.4, 0.5) is 4.79 Å². The Bertz CT molecular complexity index is 1140. The fraction of sp³-hybridized carbons (Fsp3) is 0.393. The SMILES string of the molecule is O=C1C=C(Br)[C@](O)(CCCCO)O[C@@H]1[C@@H](Cc1ccccc1)C(=O)N1C(=O)OC[C@H]1Cc1ccccc1. The molecule has 2 aliphatic rings. The third-order valence-corrected chi connectivity index (χ3v) is 7.51. The lowest BCUT2D eigenvalue weighted by molar-refractivity contribution is -0.218. The zero-order chi connectivity index (χ0) is 26.4. The van der Waals surface area contributed by atoms with Crippen LogP contribution in [-0.4, -0.2) is 64.0 Å². The molecule has 2 heterocycles. The third-order valence-electron chi connectivity index (χ3n) is 6.66. The van der Waals surface area contributed by atoms with Gasteiger partial charge in [0.2, 0.25) is 5.91 Å². The summed E-state index contributed by atoms with van der Waals surface area (Å²) in [5, 5.41) is 20.4. The quantitative estimate of drug-likeness (QED) is 0.419. The molecule has 1 saturated heterocycles. The predicted molar refractivity (Wildman–Crippen MR) is 139 cm³/mol. The van der Waals surface area contributed by atoms with E-state index in [2.05, 4.69) is 15.9 Å². The van der Waals surface area contributed by atoms with Gasteiger partial charge in [-0.25, -0.2) is 9.69 Å². The Labute approximate surface area is 224 Å². The van der Waals surface area contributed by atoms with Crippen LogP contribution >= 0.6 is 15.9 Å². The molecule has 196 valence electrons. The van der Waals surface area contributed by atoms with E-state index in [1.165, 1.54) is 6.08 Å². The van der Waals surface area contributed by atoms with Crippen molar-refractivity contribution in [1.29, 1.82) is 0 Å². The molecule has 4 atom stereocenters.